The molecule has 3 rings (SSSR count). The first-order valence-corrected chi connectivity index (χ1v) is 7.79. The average Bonchev–Trinajstić information content (AvgIpc) is 3.05. The highest BCUT2D eigenvalue weighted by atomic mass is 15.4. The zero-order valence-electron chi connectivity index (χ0n) is 12.9. The zero-order chi connectivity index (χ0) is 14.8. The number of aromatic nitrogens is 2. The highest BCUT2D eigenvalue weighted by Gasteiger charge is 2.26. The number of anilines is 1. The number of para-hydroxylation sites is 1. The molecule has 2 N–H and O–H groups in total. The molecule has 4 heteroatoms. The molecule has 1 saturated heterocycles. The molecule has 0 bridgehead atoms. The van der Waals surface area contributed by atoms with E-state index in [4.69, 9.17) is 10.8 Å². The predicted octanol–water partition coefficient (Wildman–Crippen LogP) is 2.53. The van der Waals surface area contributed by atoms with E-state index in [1.54, 1.807) is 0 Å². The fraction of sp³-hybridized carbons (Fsp3) is 0.471. The number of nitrogens with two attached hydrogens (primary N) is 1. The summed E-state index contributed by atoms with van der Waals surface area (Å²) in [6, 6.07) is 10.4. The van der Waals surface area contributed by atoms with Gasteiger partial charge in [0.1, 0.15) is 5.82 Å². The summed E-state index contributed by atoms with van der Waals surface area (Å²) >= 11 is 0. The Bertz CT molecular complexity index is 603. The predicted molar refractivity (Wildman–Crippen MR) is 87.1 cm³/mol. The molecule has 1 atom stereocenters. The lowest BCUT2D eigenvalue weighted by molar-refractivity contribution is 0.657. The van der Waals surface area contributed by atoms with Crippen molar-refractivity contribution in [1.82, 2.24) is 9.78 Å². The van der Waals surface area contributed by atoms with E-state index in [0.717, 1.165) is 36.8 Å². The summed E-state index contributed by atoms with van der Waals surface area (Å²) in [6.07, 6.45) is 2.14. The fourth-order valence-electron chi connectivity index (χ4n) is 3.19. The third kappa shape index (κ3) is 2.68. The van der Waals surface area contributed by atoms with E-state index in [1.165, 1.54) is 17.8 Å². The Labute approximate surface area is 126 Å². The summed E-state index contributed by atoms with van der Waals surface area (Å²) in [7, 11) is 0. The first-order valence-electron chi connectivity index (χ1n) is 7.79. The minimum Gasteiger partial charge on any atom is -0.356 e. The van der Waals surface area contributed by atoms with Crippen LogP contribution in [0.25, 0.3) is 5.69 Å². The molecule has 21 heavy (non-hydrogen) atoms. The molecule has 1 aliphatic heterocycles. The quantitative estimate of drug-likeness (QED) is 0.938. The summed E-state index contributed by atoms with van der Waals surface area (Å²) in [5, 5.41) is 4.79. The zero-order valence-corrected chi connectivity index (χ0v) is 12.9. The minimum absolute atomic E-state index is 0.664. The number of hydrogen-bond donors (Lipinski definition) is 1. The lowest BCUT2D eigenvalue weighted by atomic mass is 10.1. The van der Waals surface area contributed by atoms with Crippen molar-refractivity contribution in [1.29, 1.82) is 0 Å². The van der Waals surface area contributed by atoms with Gasteiger partial charge in [0.05, 0.1) is 11.4 Å². The van der Waals surface area contributed by atoms with Gasteiger partial charge in [0.25, 0.3) is 0 Å². The topological polar surface area (TPSA) is 47.1 Å². The summed E-state index contributed by atoms with van der Waals surface area (Å²) in [6.45, 7) is 7.29. The molecule has 0 radical (unpaired) electrons. The molecule has 1 aliphatic rings. The third-order valence-corrected chi connectivity index (χ3v) is 4.28. The Hall–Kier alpha value is -1.81. The monoisotopic (exact) mass is 284 g/mol. The van der Waals surface area contributed by atoms with E-state index in [0.29, 0.717) is 6.54 Å². The molecule has 1 aromatic carbocycles. The molecule has 0 spiro atoms. The van der Waals surface area contributed by atoms with Gasteiger partial charge in [-0.15, -0.1) is 0 Å². The van der Waals surface area contributed by atoms with Gasteiger partial charge in [-0.3, -0.25) is 0 Å². The van der Waals surface area contributed by atoms with Gasteiger partial charge < -0.3 is 10.6 Å². The molecular formula is C17H24N4. The van der Waals surface area contributed by atoms with Crippen LogP contribution in [0.15, 0.2) is 30.3 Å². The number of hydrogen-bond acceptors (Lipinski definition) is 3. The summed E-state index contributed by atoms with van der Waals surface area (Å²) in [4.78, 5) is 2.47. The summed E-state index contributed by atoms with van der Waals surface area (Å²) in [5.74, 6) is 1.99. The van der Waals surface area contributed by atoms with Crippen LogP contribution in [-0.2, 0) is 6.42 Å². The van der Waals surface area contributed by atoms with E-state index in [9.17, 15) is 0 Å². The van der Waals surface area contributed by atoms with Gasteiger partial charge in [-0.25, -0.2) is 4.68 Å². The Morgan fingerprint density at radius 3 is 2.67 bits per heavy atom. The number of nitrogens with zero attached hydrogens (tertiary/aromatic N) is 3. The Morgan fingerprint density at radius 1 is 1.29 bits per heavy atom. The molecule has 2 heterocycles. The Morgan fingerprint density at radius 2 is 2.05 bits per heavy atom. The van der Waals surface area contributed by atoms with Gasteiger partial charge in [-0.05, 0) is 44.4 Å². The van der Waals surface area contributed by atoms with Crippen LogP contribution in [0.3, 0.4) is 0 Å². The fourth-order valence-corrected chi connectivity index (χ4v) is 3.19. The van der Waals surface area contributed by atoms with Crippen LogP contribution in [0.4, 0.5) is 5.82 Å². The van der Waals surface area contributed by atoms with Crippen molar-refractivity contribution >= 4 is 5.82 Å². The second kappa shape index (κ2) is 5.90. The first-order chi connectivity index (χ1) is 10.2. The van der Waals surface area contributed by atoms with E-state index < -0.39 is 0 Å². The molecule has 0 saturated carbocycles. The number of benzene rings is 1. The highest BCUT2D eigenvalue weighted by Crippen LogP contribution is 2.31. The maximum atomic E-state index is 5.82. The average molecular weight is 284 g/mol. The maximum Gasteiger partial charge on any atom is 0.135 e. The minimum atomic E-state index is 0.664. The highest BCUT2D eigenvalue weighted by molar-refractivity contribution is 5.56. The molecule has 0 aliphatic carbocycles. The first kappa shape index (κ1) is 14.1. The second-order valence-electron chi connectivity index (χ2n) is 6.01. The van der Waals surface area contributed by atoms with Crippen molar-refractivity contribution in [3.8, 4) is 5.69 Å². The van der Waals surface area contributed by atoms with Crippen LogP contribution in [-0.4, -0.2) is 29.4 Å². The van der Waals surface area contributed by atoms with Crippen LogP contribution in [0.2, 0.25) is 0 Å². The molecular weight excluding hydrogens is 260 g/mol. The molecule has 1 unspecified atom stereocenters. The third-order valence-electron chi connectivity index (χ3n) is 4.28. The molecule has 1 aromatic heterocycles. The van der Waals surface area contributed by atoms with Gasteiger partial charge in [0, 0.05) is 18.7 Å². The smallest absolute Gasteiger partial charge is 0.135 e. The van der Waals surface area contributed by atoms with E-state index >= 15 is 0 Å². The lowest BCUT2D eigenvalue weighted by Crippen LogP contribution is -2.24. The Kier molecular flexibility index (Phi) is 3.97. The lowest BCUT2D eigenvalue weighted by Gasteiger charge is -2.21. The summed E-state index contributed by atoms with van der Waals surface area (Å²) in [5.41, 5.74) is 9.34. The maximum absolute atomic E-state index is 5.82. The van der Waals surface area contributed by atoms with Crippen LogP contribution >= 0.6 is 0 Å². The SMILES string of the molecule is Cc1nn(-c2ccccc2)c(N2CCC(C)C2)c1CCN. The number of rotatable bonds is 4. The van der Waals surface area contributed by atoms with Crippen LogP contribution in [0, 0.1) is 12.8 Å². The molecule has 2 aromatic rings. The van der Waals surface area contributed by atoms with Crippen molar-refractivity contribution in [2.75, 3.05) is 24.5 Å². The van der Waals surface area contributed by atoms with E-state index in [-0.39, 0.29) is 0 Å². The van der Waals surface area contributed by atoms with Gasteiger partial charge in [0.15, 0.2) is 0 Å². The number of aryl methyl sites for hydroxylation is 1. The van der Waals surface area contributed by atoms with Crippen LogP contribution in [0.5, 0.6) is 0 Å². The van der Waals surface area contributed by atoms with Gasteiger partial charge in [0.2, 0.25) is 0 Å². The van der Waals surface area contributed by atoms with Crippen molar-refractivity contribution in [2.24, 2.45) is 11.7 Å². The van der Waals surface area contributed by atoms with Gasteiger partial charge in [-0.2, -0.15) is 5.10 Å². The standard InChI is InChI=1S/C17H24N4/c1-13-9-11-20(12-13)17-16(8-10-18)14(2)19-21(17)15-6-4-3-5-7-15/h3-7,13H,8-12,18H2,1-2H3. The van der Waals surface area contributed by atoms with Crippen LogP contribution in [0.1, 0.15) is 24.6 Å². The largest absolute Gasteiger partial charge is 0.356 e. The van der Waals surface area contributed by atoms with Crippen molar-refractivity contribution in [3.63, 3.8) is 0 Å². The van der Waals surface area contributed by atoms with Crippen molar-refractivity contribution in [3.05, 3.63) is 41.6 Å². The van der Waals surface area contributed by atoms with E-state index in [1.807, 2.05) is 6.07 Å². The normalized spacial score (nSPS) is 18.4. The van der Waals surface area contributed by atoms with Crippen LogP contribution < -0.4 is 10.6 Å². The molecule has 0 amide bonds. The van der Waals surface area contributed by atoms with Gasteiger partial charge in [-0.1, -0.05) is 25.1 Å². The molecule has 112 valence electrons. The summed E-state index contributed by atoms with van der Waals surface area (Å²) < 4.78 is 2.10. The second-order valence-corrected chi connectivity index (χ2v) is 6.01. The Balaban J connectivity index is 2.09. The van der Waals surface area contributed by atoms with Crippen molar-refractivity contribution < 1.29 is 0 Å². The molecule has 1 fully saturated rings. The van der Waals surface area contributed by atoms with Crippen molar-refractivity contribution in [2.45, 2.75) is 26.7 Å². The van der Waals surface area contributed by atoms with E-state index in [2.05, 4.69) is 47.7 Å². The molecule has 4 nitrogen and oxygen atoms in total. The van der Waals surface area contributed by atoms with Gasteiger partial charge >= 0.3 is 0 Å².